The van der Waals surface area contributed by atoms with E-state index in [1.54, 1.807) is 23.0 Å². The van der Waals surface area contributed by atoms with Gasteiger partial charge in [0.05, 0.1) is 0 Å². The third-order valence-electron chi connectivity index (χ3n) is 2.07. The third kappa shape index (κ3) is 3.12. The van der Waals surface area contributed by atoms with Crippen LogP contribution in [-0.4, -0.2) is 10.3 Å². The molecule has 6 heteroatoms. The first-order valence-electron chi connectivity index (χ1n) is 4.95. The van der Waals surface area contributed by atoms with Crippen LogP contribution in [0.5, 0.6) is 0 Å². The van der Waals surface area contributed by atoms with E-state index >= 15 is 0 Å². The summed E-state index contributed by atoms with van der Waals surface area (Å²) in [4.78, 5) is 0. The molecule has 0 amide bonds. The largest absolute Gasteiger partial charge is 0.339 e. The molecule has 0 unspecified atom stereocenters. The Hall–Kier alpha value is -1.24. The van der Waals surface area contributed by atoms with Gasteiger partial charge in [-0.25, -0.2) is 0 Å². The predicted molar refractivity (Wildman–Crippen MR) is 64.4 cm³/mol. The van der Waals surface area contributed by atoms with Crippen molar-refractivity contribution in [2.45, 2.75) is 16.8 Å². The molecule has 0 aliphatic heterocycles. The smallest absolute Gasteiger partial charge is 0.301 e. The van der Waals surface area contributed by atoms with Gasteiger partial charge in [0.25, 0.3) is 11.8 Å². The van der Waals surface area contributed by atoms with Crippen molar-refractivity contribution in [1.29, 1.82) is 0 Å². The van der Waals surface area contributed by atoms with Gasteiger partial charge in [-0.1, -0.05) is 0 Å². The first kappa shape index (κ1) is 12.2. The zero-order chi connectivity index (χ0) is 12.1. The van der Waals surface area contributed by atoms with Crippen molar-refractivity contribution in [3.8, 4) is 0 Å². The molecule has 0 aliphatic rings. The second-order valence-electron chi connectivity index (χ2n) is 3.20. The molecule has 0 atom stereocenters. The van der Waals surface area contributed by atoms with Crippen molar-refractivity contribution >= 4 is 21.6 Å². The summed E-state index contributed by atoms with van der Waals surface area (Å²) >= 11 is 0. The SMILES string of the molecule is OC[n+]1ccccc1SSc1cccc[n+]1O. The van der Waals surface area contributed by atoms with Gasteiger partial charge in [0, 0.05) is 50.6 Å². The highest BCUT2D eigenvalue weighted by Crippen LogP contribution is 2.33. The van der Waals surface area contributed by atoms with Crippen molar-refractivity contribution in [3.63, 3.8) is 0 Å². The minimum absolute atomic E-state index is 0.0579. The zero-order valence-electron chi connectivity index (χ0n) is 8.93. The van der Waals surface area contributed by atoms with Crippen LogP contribution < -0.4 is 9.30 Å². The Morgan fingerprint density at radius 1 is 0.941 bits per heavy atom. The fourth-order valence-electron chi connectivity index (χ4n) is 1.22. The maximum absolute atomic E-state index is 9.54. The molecule has 2 rings (SSSR count). The molecule has 0 aliphatic carbocycles. The van der Waals surface area contributed by atoms with Crippen LogP contribution in [0.2, 0.25) is 0 Å². The van der Waals surface area contributed by atoms with E-state index in [-0.39, 0.29) is 6.73 Å². The summed E-state index contributed by atoms with van der Waals surface area (Å²) in [7, 11) is 2.91. The van der Waals surface area contributed by atoms with Gasteiger partial charge in [0.2, 0.25) is 6.20 Å². The number of aliphatic hydroxyl groups excluding tert-OH is 1. The van der Waals surface area contributed by atoms with Crippen LogP contribution in [0.4, 0.5) is 0 Å². The molecule has 0 bridgehead atoms. The van der Waals surface area contributed by atoms with E-state index in [0.717, 1.165) is 14.8 Å². The van der Waals surface area contributed by atoms with Crippen LogP contribution in [0.1, 0.15) is 0 Å². The molecule has 0 aromatic carbocycles. The molecule has 2 N–H and O–H groups in total. The van der Waals surface area contributed by atoms with Crippen molar-refractivity contribution in [1.82, 2.24) is 0 Å². The van der Waals surface area contributed by atoms with E-state index < -0.39 is 0 Å². The monoisotopic (exact) mass is 268 g/mol. The zero-order valence-corrected chi connectivity index (χ0v) is 10.6. The van der Waals surface area contributed by atoms with Crippen LogP contribution >= 0.6 is 21.6 Å². The number of aliphatic hydroxyl groups is 1. The molecule has 2 aromatic heterocycles. The minimum Gasteiger partial charge on any atom is -0.339 e. The number of nitrogens with zero attached hydrogens (tertiary/aromatic N) is 2. The average Bonchev–Trinajstić information content (AvgIpc) is 2.38. The second kappa shape index (κ2) is 5.90. The Labute approximate surface area is 107 Å². The molecule has 4 nitrogen and oxygen atoms in total. The van der Waals surface area contributed by atoms with Crippen LogP contribution in [0.15, 0.2) is 58.8 Å². The normalized spacial score (nSPS) is 10.4. The number of hydrogen-bond donors (Lipinski definition) is 2. The summed E-state index contributed by atoms with van der Waals surface area (Å²) in [5, 5.41) is 20.3. The Morgan fingerprint density at radius 2 is 1.59 bits per heavy atom. The van der Waals surface area contributed by atoms with Gasteiger partial charge in [0.1, 0.15) is 0 Å². The molecule has 0 fully saturated rings. The quantitative estimate of drug-likeness (QED) is 0.498. The number of pyridine rings is 2. The van der Waals surface area contributed by atoms with Crippen LogP contribution in [0.3, 0.4) is 0 Å². The van der Waals surface area contributed by atoms with Crippen LogP contribution in [0, 0.1) is 0 Å². The topological polar surface area (TPSA) is 48.2 Å². The molecule has 0 saturated heterocycles. The molecule has 0 saturated carbocycles. The first-order chi connectivity index (χ1) is 8.31. The summed E-state index contributed by atoms with van der Waals surface area (Å²) < 4.78 is 2.80. The fourth-order valence-corrected chi connectivity index (χ4v) is 3.38. The summed E-state index contributed by atoms with van der Waals surface area (Å²) in [5.74, 6) is 0. The predicted octanol–water partition coefficient (Wildman–Crippen LogP) is 1.25. The van der Waals surface area contributed by atoms with E-state index in [9.17, 15) is 5.21 Å². The van der Waals surface area contributed by atoms with E-state index in [1.807, 2.05) is 30.3 Å². The van der Waals surface area contributed by atoms with Crippen molar-refractivity contribution in [2.24, 2.45) is 0 Å². The lowest BCUT2D eigenvalue weighted by Crippen LogP contribution is -2.35. The Morgan fingerprint density at radius 3 is 2.29 bits per heavy atom. The molecule has 88 valence electrons. The Balaban J connectivity index is 2.10. The molecular formula is C11H12N2O2S2+2. The van der Waals surface area contributed by atoms with E-state index in [2.05, 4.69) is 0 Å². The van der Waals surface area contributed by atoms with Crippen molar-refractivity contribution in [2.75, 3.05) is 0 Å². The average molecular weight is 268 g/mol. The lowest BCUT2D eigenvalue weighted by atomic mass is 10.5. The van der Waals surface area contributed by atoms with Gasteiger partial charge in [-0.3, -0.25) is 5.21 Å². The minimum atomic E-state index is -0.0579. The van der Waals surface area contributed by atoms with Gasteiger partial charge in [0.15, 0.2) is 6.20 Å². The molecule has 2 heterocycles. The first-order valence-corrected chi connectivity index (χ1v) is 7.10. The van der Waals surface area contributed by atoms with Gasteiger partial charge in [-0.15, -0.1) is 0 Å². The molecule has 0 spiro atoms. The van der Waals surface area contributed by atoms with E-state index in [0.29, 0.717) is 0 Å². The van der Waals surface area contributed by atoms with Gasteiger partial charge in [-0.05, 0) is 12.1 Å². The lowest BCUT2D eigenvalue weighted by molar-refractivity contribution is -0.932. The standard InChI is InChI=1S/C11H12N2O2S2/c14-9-12-7-3-1-5-10(12)16-17-11-6-2-4-8-13(11)15/h1-8,14-15H,9H2/q+2. The fraction of sp³-hybridized carbons (Fsp3) is 0.0909. The van der Waals surface area contributed by atoms with E-state index in [4.69, 9.17) is 5.11 Å². The van der Waals surface area contributed by atoms with Gasteiger partial charge in [-0.2, -0.15) is 4.57 Å². The Kier molecular flexibility index (Phi) is 4.24. The lowest BCUT2D eigenvalue weighted by Gasteiger charge is -1.98. The van der Waals surface area contributed by atoms with Gasteiger partial charge >= 0.3 is 5.03 Å². The Bertz CT molecular complexity index is 508. The van der Waals surface area contributed by atoms with Crippen LogP contribution in [0.25, 0.3) is 0 Å². The van der Waals surface area contributed by atoms with Crippen molar-refractivity contribution in [3.05, 3.63) is 48.8 Å². The highest BCUT2D eigenvalue weighted by Gasteiger charge is 2.15. The molecule has 2 aromatic rings. The summed E-state index contributed by atoms with van der Waals surface area (Å²) in [5.41, 5.74) is 0. The van der Waals surface area contributed by atoms with Gasteiger partial charge < -0.3 is 5.11 Å². The van der Waals surface area contributed by atoms with E-state index in [1.165, 1.54) is 21.6 Å². The second-order valence-corrected chi connectivity index (χ2v) is 5.37. The summed E-state index contributed by atoms with van der Waals surface area (Å²) in [6.07, 6.45) is 3.38. The molecular weight excluding hydrogens is 256 g/mol. The highest BCUT2D eigenvalue weighted by atomic mass is 33.1. The number of rotatable bonds is 4. The molecule has 17 heavy (non-hydrogen) atoms. The molecule has 0 radical (unpaired) electrons. The highest BCUT2D eigenvalue weighted by molar-refractivity contribution is 8.76. The number of aromatic nitrogens is 2. The third-order valence-corrected chi connectivity index (χ3v) is 4.46. The van der Waals surface area contributed by atoms with Crippen molar-refractivity contribution < 1.29 is 19.6 Å². The summed E-state index contributed by atoms with van der Waals surface area (Å²) in [6.45, 7) is -0.0579. The van der Waals surface area contributed by atoms with Crippen LogP contribution in [-0.2, 0) is 6.73 Å². The summed E-state index contributed by atoms with van der Waals surface area (Å²) in [6, 6.07) is 11.1. The maximum Gasteiger partial charge on any atom is 0.301 e. The maximum atomic E-state index is 9.54. The number of hydrogen-bond acceptors (Lipinski definition) is 4.